The molecule has 1 N–H and O–H groups in total. The van der Waals surface area contributed by atoms with E-state index in [1.807, 2.05) is 37.3 Å². The molecule has 174 valence electrons. The van der Waals surface area contributed by atoms with Crippen LogP contribution < -0.4 is 5.32 Å². The van der Waals surface area contributed by atoms with E-state index in [4.69, 9.17) is 13.7 Å². The molecule has 0 amide bonds. The number of hydrogen-bond donors (Lipinski definition) is 1. The summed E-state index contributed by atoms with van der Waals surface area (Å²) < 4.78 is 40.5. The largest absolute Gasteiger partial charge is 0.460 e. The molecule has 0 saturated heterocycles. The molecule has 1 aliphatic rings. The van der Waals surface area contributed by atoms with Gasteiger partial charge in [-0.15, -0.1) is 0 Å². The fraction of sp³-hybridized carbons (Fsp3) is 0.458. The Hall–Kier alpha value is -2.26. The summed E-state index contributed by atoms with van der Waals surface area (Å²) in [5.41, 5.74) is 1.95. The molecule has 7 nitrogen and oxygen atoms in total. The second kappa shape index (κ2) is 12.1. The number of esters is 1. The van der Waals surface area contributed by atoms with Crippen molar-refractivity contribution in [1.82, 2.24) is 5.32 Å². The van der Waals surface area contributed by atoms with Crippen LogP contribution in [0.4, 0.5) is 0 Å². The van der Waals surface area contributed by atoms with Gasteiger partial charge in [-0.05, 0) is 50.3 Å². The number of hydrogen-bond acceptors (Lipinski definition) is 7. The molecule has 2 aromatic carbocycles. The van der Waals surface area contributed by atoms with E-state index in [0.29, 0.717) is 0 Å². The second-order valence-corrected chi connectivity index (χ2v) is 9.58. The van der Waals surface area contributed by atoms with Gasteiger partial charge in [0.25, 0.3) is 10.1 Å². The zero-order valence-corrected chi connectivity index (χ0v) is 19.2. The Morgan fingerprint density at radius 3 is 2.34 bits per heavy atom. The van der Waals surface area contributed by atoms with Crippen molar-refractivity contribution in [2.75, 3.05) is 19.8 Å². The molecule has 0 heterocycles. The Bertz CT molecular complexity index is 938. The van der Waals surface area contributed by atoms with E-state index in [2.05, 4.69) is 5.32 Å². The maximum Gasteiger partial charge on any atom is 0.320 e. The van der Waals surface area contributed by atoms with Crippen molar-refractivity contribution in [2.24, 2.45) is 0 Å². The quantitative estimate of drug-likeness (QED) is 0.312. The van der Waals surface area contributed by atoms with E-state index in [-0.39, 0.29) is 49.4 Å². The van der Waals surface area contributed by atoms with Crippen molar-refractivity contribution in [1.29, 1.82) is 0 Å². The SMILES string of the molecule is Cc1ccc(S(=O)(=O)OCCOC2CCC(NCC(=O)OCc3ccccc3)CC2)cc1. The average Bonchev–Trinajstić information content (AvgIpc) is 2.81. The predicted octanol–water partition coefficient (Wildman–Crippen LogP) is 3.36. The second-order valence-electron chi connectivity index (χ2n) is 7.96. The maximum absolute atomic E-state index is 12.2. The van der Waals surface area contributed by atoms with E-state index in [1.54, 1.807) is 12.1 Å². The number of benzene rings is 2. The lowest BCUT2D eigenvalue weighted by molar-refractivity contribution is -0.144. The first-order chi connectivity index (χ1) is 15.4. The minimum Gasteiger partial charge on any atom is -0.460 e. The molecule has 32 heavy (non-hydrogen) atoms. The Kier molecular flexibility index (Phi) is 9.23. The smallest absolute Gasteiger partial charge is 0.320 e. The van der Waals surface area contributed by atoms with Crippen LogP contribution in [0.1, 0.15) is 36.8 Å². The number of nitrogens with one attached hydrogen (secondary N) is 1. The van der Waals surface area contributed by atoms with Gasteiger partial charge in [0.15, 0.2) is 0 Å². The first-order valence-corrected chi connectivity index (χ1v) is 12.3. The third kappa shape index (κ3) is 8.02. The Morgan fingerprint density at radius 1 is 0.969 bits per heavy atom. The standard InChI is InChI=1S/C24H31NO6S/c1-19-7-13-23(14-8-19)32(27,28)31-16-15-29-22-11-9-21(10-12-22)25-17-24(26)30-18-20-5-3-2-4-6-20/h2-8,13-14,21-22,25H,9-12,15-18H2,1H3. The number of ether oxygens (including phenoxy) is 2. The first kappa shape index (κ1) is 24.4. The van der Waals surface area contributed by atoms with E-state index in [0.717, 1.165) is 36.8 Å². The first-order valence-electron chi connectivity index (χ1n) is 10.9. The molecule has 0 aliphatic heterocycles. The van der Waals surface area contributed by atoms with E-state index in [9.17, 15) is 13.2 Å². The van der Waals surface area contributed by atoms with Crippen molar-refractivity contribution < 1.29 is 26.9 Å². The van der Waals surface area contributed by atoms with Crippen LogP contribution in [0.5, 0.6) is 0 Å². The molecular weight excluding hydrogens is 430 g/mol. The summed E-state index contributed by atoms with van der Waals surface area (Å²) in [7, 11) is -3.76. The van der Waals surface area contributed by atoms with Gasteiger partial charge < -0.3 is 14.8 Å². The van der Waals surface area contributed by atoms with Crippen LogP contribution in [-0.2, 0) is 35.2 Å². The van der Waals surface area contributed by atoms with Gasteiger partial charge in [-0.2, -0.15) is 8.42 Å². The van der Waals surface area contributed by atoms with Crippen molar-refractivity contribution in [3.63, 3.8) is 0 Å². The lowest BCUT2D eigenvalue weighted by Crippen LogP contribution is -2.38. The third-order valence-electron chi connectivity index (χ3n) is 5.44. The van der Waals surface area contributed by atoms with E-state index < -0.39 is 10.1 Å². The van der Waals surface area contributed by atoms with Gasteiger partial charge in [-0.3, -0.25) is 8.98 Å². The van der Waals surface area contributed by atoms with Crippen molar-refractivity contribution in [2.45, 2.75) is 56.3 Å². The average molecular weight is 462 g/mol. The van der Waals surface area contributed by atoms with Crippen LogP contribution in [0.3, 0.4) is 0 Å². The Balaban J connectivity index is 1.26. The molecule has 0 aromatic heterocycles. The van der Waals surface area contributed by atoms with Gasteiger partial charge >= 0.3 is 5.97 Å². The van der Waals surface area contributed by atoms with Gasteiger partial charge in [0.2, 0.25) is 0 Å². The normalized spacial score (nSPS) is 18.9. The highest BCUT2D eigenvalue weighted by Crippen LogP contribution is 2.21. The molecule has 1 saturated carbocycles. The minimum atomic E-state index is -3.76. The number of carbonyl (C=O) groups excluding carboxylic acids is 1. The predicted molar refractivity (Wildman–Crippen MR) is 121 cm³/mol. The third-order valence-corrected chi connectivity index (χ3v) is 6.76. The van der Waals surface area contributed by atoms with Crippen molar-refractivity contribution >= 4 is 16.1 Å². The Morgan fingerprint density at radius 2 is 1.66 bits per heavy atom. The number of rotatable bonds is 11. The van der Waals surface area contributed by atoms with Gasteiger partial charge in [0, 0.05) is 6.04 Å². The summed E-state index contributed by atoms with van der Waals surface area (Å²) in [5.74, 6) is -0.265. The van der Waals surface area contributed by atoms with Crippen molar-refractivity contribution in [3.05, 3.63) is 65.7 Å². The molecule has 0 bridgehead atoms. The summed E-state index contributed by atoms with van der Waals surface area (Å²) in [5, 5.41) is 3.25. The summed E-state index contributed by atoms with van der Waals surface area (Å²) in [4.78, 5) is 12.1. The molecule has 0 atom stereocenters. The highest BCUT2D eigenvalue weighted by Gasteiger charge is 2.22. The molecule has 0 unspecified atom stereocenters. The molecule has 1 aliphatic carbocycles. The van der Waals surface area contributed by atoms with Crippen molar-refractivity contribution in [3.8, 4) is 0 Å². The Labute approximate surface area is 190 Å². The summed E-state index contributed by atoms with van der Waals surface area (Å²) >= 11 is 0. The van der Waals surface area contributed by atoms with E-state index >= 15 is 0 Å². The fourth-order valence-corrected chi connectivity index (χ4v) is 4.47. The summed E-state index contributed by atoms with van der Waals surface area (Å²) in [6, 6.07) is 16.4. The molecular formula is C24H31NO6S. The molecule has 0 radical (unpaired) electrons. The van der Waals surface area contributed by atoms with Crippen LogP contribution in [0.15, 0.2) is 59.5 Å². The minimum absolute atomic E-state index is 0.0123. The van der Waals surface area contributed by atoms with Crippen LogP contribution in [0, 0.1) is 6.92 Å². The van der Waals surface area contributed by atoms with Crippen LogP contribution in [-0.4, -0.2) is 46.3 Å². The highest BCUT2D eigenvalue weighted by molar-refractivity contribution is 7.86. The topological polar surface area (TPSA) is 90.9 Å². The molecule has 3 rings (SSSR count). The summed E-state index contributed by atoms with van der Waals surface area (Å²) in [6.45, 7) is 2.58. The fourth-order valence-electron chi connectivity index (χ4n) is 3.58. The lowest BCUT2D eigenvalue weighted by atomic mass is 9.93. The van der Waals surface area contributed by atoms with Gasteiger partial charge in [0.1, 0.15) is 6.61 Å². The summed E-state index contributed by atoms with van der Waals surface area (Å²) in [6.07, 6.45) is 3.55. The van der Waals surface area contributed by atoms with Crippen LogP contribution >= 0.6 is 0 Å². The molecule has 2 aromatic rings. The van der Waals surface area contributed by atoms with Gasteiger partial charge in [-0.25, -0.2) is 0 Å². The maximum atomic E-state index is 12.2. The number of aryl methyl sites for hydroxylation is 1. The van der Waals surface area contributed by atoms with Gasteiger partial charge in [-0.1, -0.05) is 48.0 Å². The molecule has 0 spiro atoms. The molecule has 8 heteroatoms. The zero-order valence-electron chi connectivity index (χ0n) is 18.4. The molecule has 1 fully saturated rings. The zero-order chi connectivity index (χ0) is 22.8. The monoisotopic (exact) mass is 461 g/mol. The van der Waals surface area contributed by atoms with Crippen LogP contribution in [0.25, 0.3) is 0 Å². The van der Waals surface area contributed by atoms with Crippen LogP contribution in [0.2, 0.25) is 0 Å². The highest BCUT2D eigenvalue weighted by atomic mass is 32.2. The lowest BCUT2D eigenvalue weighted by Gasteiger charge is -2.29. The van der Waals surface area contributed by atoms with Gasteiger partial charge in [0.05, 0.1) is 30.8 Å². The van der Waals surface area contributed by atoms with E-state index in [1.165, 1.54) is 12.1 Å². The number of carbonyl (C=O) groups is 1.